The fraction of sp³-hybridized carbons (Fsp3) is 0.474. The van der Waals surface area contributed by atoms with Crippen LogP contribution in [0.2, 0.25) is 0 Å². The number of amides is 1. The van der Waals surface area contributed by atoms with Crippen LogP contribution in [0.4, 0.5) is 0 Å². The van der Waals surface area contributed by atoms with Crippen molar-refractivity contribution in [2.45, 2.75) is 37.4 Å². The molecule has 0 unspecified atom stereocenters. The van der Waals surface area contributed by atoms with Gasteiger partial charge in [-0.2, -0.15) is 5.10 Å². The molecule has 25 heavy (non-hydrogen) atoms. The van der Waals surface area contributed by atoms with E-state index in [2.05, 4.69) is 5.10 Å². The van der Waals surface area contributed by atoms with Crippen LogP contribution in [-0.2, 0) is 4.74 Å². The average Bonchev–Trinajstić information content (AvgIpc) is 3.19. The van der Waals surface area contributed by atoms with Gasteiger partial charge in [0.1, 0.15) is 0 Å². The molecule has 2 saturated heterocycles. The van der Waals surface area contributed by atoms with Crippen LogP contribution in [0.3, 0.4) is 0 Å². The molecule has 2 aromatic rings. The highest BCUT2D eigenvalue weighted by Crippen LogP contribution is 2.35. The largest absolute Gasteiger partial charge is 0.390 e. The van der Waals surface area contributed by atoms with Crippen LogP contribution in [0.5, 0.6) is 0 Å². The monoisotopic (exact) mass is 341 g/mol. The van der Waals surface area contributed by atoms with Gasteiger partial charge in [0.15, 0.2) is 0 Å². The minimum absolute atomic E-state index is 0.0224. The molecule has 6 nitrogen and oxygen atoms in total. The van der Waals surface area contributed by atoms with E-state index in [0.29, 0.717) is 38.1 Å². The SMILES string of the molecule is O=C(c1cccc(-n2cccn2)c1)N1CCC2(CC1)OCCC[C@H]2O. The first-order valence-corrected chi connectivity index (χ1v) is 8.89. The number of rotatable bonds is 2. The van der Waals surface area contributed by atoms with Gasteiger partial charge in [0.05, 0.1) is 17.4 Å². The normalized spacial score (nSPS) is 22.9. The van der Waals surface area contributed by atoms with E-state index in [1.54, 1.807) is 10.9 Å². The molecule has 2 fully saturated rings. The van der Waals surface area contributed by atoms with Crippen LogP contribution in [0.1, 0.15) is 36.0 Å². The molecule has 1 N–H and O–H groups in total. The molecule has 6 heteroatoms. The van der Waals surface area contributed by atoms with Crippen LogP contribution >= 0.6 is 0 Å². The second-order valence-corrected chi connectivity index (χ2v) is 6.86. The third-order valence-corrected chi connectivity index (χ3v) is 5.38. The molecular weight excluding hydrogens is 318 g/mol. The summed E-state index contributed by atoms with van der Waals surface area (Å²) < 4.78 is 7.67. The second kappa shape index (κ2) is 6.61. The van der Waals surface area contributed by atoms with Crippen molar-refractivity contribution in [3.05, 3.63) is 48.3 Å². The fourth-order valence-electron chi connectivity index (χ4n) is 3.86. The molecule has 1 atom stereocenters. The number of aromatic nitrogens is 2. The quantitative estimate of drug-likeness (QED) is 0.907. The van der Waals surface area contributed by atoms with Gasteiger partial charge in [-0.3, -0.25) is 4.79 Å². The van der Waals surface area contributed by atoms with Gasteiger partial charge < -0.3 is 14.7 Å². The van der Waals surface area contributed by atoms with Crippen LogP contribution < -0.4 is 0 Å². The first-order valence-electron chi connectivity index (χ1n) is 8.89. The Morgan fingerprint density at radius 1 is 1.28 bits per heavy atom. The zero-order valence-corrected chi connectivity index (χ0v) is 14.2. The molecule has 1 aromatic heterocycles. The summed E-state index contributed by atoms with van der Waals surface area (Å²) in [4.78, 5) is 14.7. The summed E-state index contributed by atoms with van der Waals surface area (Å²) >= 11 is 0. The summed E-state index contributed by atoms with van der Waals surface area (Å²) in [5, 5.41) is 14.5. The van der Waals surface area contributed by atoms with Gasteiger partial charge in [0.25, 0.3) is 5.91 Å². The summed E-state index contributed by atoms with van der Waals surface area (Å²) in [6.07, 6.45) is 6.24. The zero-order valence-electron chi connectivity index (χ0n) is 14.2. The van der Waals surface area contributed by atoms with E-state index in [0.717, 1.165) is 18.5 Å². The number of hydrogen-bond acceptors (Lipinski definition) is 4. The number of piperidine rings is 1. The van der Waals surface area contributed by atoms with Gasteiger partial charge in [-0.05, 0) is 49.9 Å². The maximum atomic E-state index is 12.9. The summed E-state index contributed by atoms with van der Waals surface area (Å²) in [6, 6.07) is 9.37. The van der Waals surface area contributed by atoms with Crippen molar-refractivity contribution in [1.29, 1.82) is 0 Å². The lowest BCUT2D eigenvalue weighted by atomic mass is 9.82. The number of carbonyl (C=O) groups is 1. The lowest BCUT2D eigenvalue weighted by Crippen LogP contribution is -2.56. The number of nitrogens with zero attached hydrogens (tertiary/aromatic N) is 3. The average molecular weight is 341 g/mol. The molecule has 2 aliphatic heterocycles. The van der Waals surface area contributed by atoms with E-state index >= 15 is 0 Å². The van der Waals surface area contributed by atoms with Gasteiger partial charge in [-0.25, -0.2) is 4.68 Å². The Kier molecular flexibility index (Phi) is 4.31. The van der Waals surface area contributed by atoms with Crippen molar-refractivity contribution >= 4 is 5.91 Å². The Hall–Kier alpha value is -2.18. The number of likely N-dealkylation sites (tertiary alicyclic amines) is 1. The molecule has 0 saturated carbocycles. The molecule has 4 rings (SSSR count). The molecule has 0 bridgehead atoms. The second-order valence-electron chi connectivity index (χ2n) is 6.86. The highest BCUT2D eigenvalue weighted by Gasteiger charge is 2.44. The summed E-state index contributed by atoms with van der Waals surface area (Å²) in [5.74, 6) is 0.0224. The smallest absolute Gasteiger partial charge is 0.253 e. The van der Waals surface area contributed by atoms with E-state index in [4.69, 9.17) is 4.74 Å². The van der Waals surface area contributed by atoms with E-state index in [9.17, 15) is 9.90 Å². The van der Waals surface area contributed by atoms with E-state index < -0.39 is 11.7 Å². The van der Waals surface area contributed by atoms with Gasteiger partial charge in [0.2, 0.25) is 0 Å². The Labute approximate surface area is 147 Å². The number of hydrogen-bond donors (Lipinski definition) is 1. The zero-order chi connectivity index (χ0) is 17.3. The van der Waals surface area contributed by atoms with Crippen molar-refractivity contribution in [3.63, 3.8) is 0 Å². The van der Waals surface area contributed by atoms with Gasteiger partial charge in [-0.15, -0.1) is 0 Å². The topological polar surface area (TPSA) is 67.6 Å². The Balaban J connectivity index is 1.47. The summed E-state index contributed by atoms with van der Waals surface area (Å²) in [7, 11) is 0. The molecule has 2 aliphatic rings. The molecule has 1 amide bonds. The number of carbonyl (C=O) groups excluding carboxylic acids is 1. The lowest BCUT2D eigenvalue weighted by Gasteiger charge is -2.46. The first-order chi connectivity index (χ1) is 12.2. The Morgan fingerprint density at radius 2 is 2.12 bits per heavy atom. The first kappa shape index (κ1) is 16.3. The minimum Gasteiger partial charge on any atom is -0.390 e. The molecule has 0 aliphatic carbocycles. The molecule has 1 spiro atoms. The van der Waals surface area contributed by atoms with Crippen molar-refractivity contribution in [1.82, 2.24) is 14.7 Å². The van der Waals surface area contributed by atoms with E-state index in [1.165, 1.54) is 0 Å². The molecule has 3 heterocycles. The fourth-order valence-corrected chi connectivity index (χ4v) is 3.86. The van der Waals surface area contributed by atoms with Crippen LogP contribution in [0, 0.1) is 0 Å². The van der Waals surface area contributed by atoms with Crippen molar-refractivity contribution in [2.75, 3.05) is 19.7 Å². The Morgan fingerprint density at radius 3 is 2.84 bits per heavy atom. The molecule has 132 valence electrons. The van der Waals surface area contributed by atoms with E-state index in [1.807, 2.05) is 41.4 Å². The Bertz CT molecular complexity index is 736. The minimum atomic E-state index is -0.452. The van der Waals surface area contributed by atoms with Gasteiger partial charge in [-0.1, -0.05) is 6.07 Å². The number of ether oxygens (including phenoxy) is 1. The predicted molar refractivity (Wildman–Crippen MR) is 92.6 cm³/mol. The summed E-state index contributed by atoms with van der Waals surface area (Å²) in [5.41, 5.74) is 1.08. The third kappa shape index (κ3) is 3.07. The third-order valence-electron chi connectivity index (χ3n) is 5.38. The van der Waals surface area contributed by atoms with Crippen LogP contribution in [0.15, 0.2) is 42.7 Å². The van der Waals surface area contributed by atoms with Crippen LogP contribution in [0.25, 0.3) is 5.69 Å². The molecule has 0 radical (unpaired) electrons. The molecule has 1 aromatic carbocycles. The summed E-state index contributed by atoms with van der Waals surface area (Å²) in [6.45, 7) is 1.93. The highest BCUT2D eigenvalue weighted by molar-refractivity contribution is 5.94. The number of aliphatic hydroxyl groups excluding tert-OH is 1. The predicted octanol–water partition coefficient (Wildman–Crippen LogP) is 2.02. The molecular formula is C19H23N3O3. The van der Waals surface area contributed by atoms with Crippen molar-refractivity contribution in [2.24, 2.45) is 0 Å². The number of benzene rings is 1. The van der Waals surface area contributed by atoms with E-state index in [-0.39, 0.29) is 5.91 Å². The lowest BCUT2D eigenvalue weighted by molar-refractivity contribution is -0.174. The van der Waals surface area contributed by atoms with Gasteiger partial charge in [0, 0.05) is 37.7 Å². The maximum Gasteiger partial charge on any atom is 0.253 e. The maximum absolute atomic E-state index is 12.9. The standard InChI is InChI=1S/C19H23N3O3/c23-17-6-2-13-25-19(17)7-11-21(12-8-19)18(24)15-4-1-5-16(14-15)22-10-3-9-20-22/h1,3-5,9-10,14,17,23H,2,6-8,11-13H2/t17-/m1/s1. The van der Waals surface area contributed by atoms with Crippen molar-refractivity contribution in [3.8, 4) is 5.69 Å². The van der Waals surface area contributed by atoms with Crippen molar-refractivity contribution < 1.29 is 14.6 Å². The van der Waals surface area contributed by atoms with Gasteiger partial charge >= 0.3 is 0 Å². The number of aliphatic hydroxyl groups is 1. The van der Waals surface area contributed by atoms with Crippen LogP contribution in [-0.4, -0.2) is 57.1 Å². The highest BCUT2D eigenvalue weighted by atomic mass is 16.5.